The molecule has 0 heterocycles. The lowest BCUT2D eigenvalue weighted by molar-refractivity contribution is 0.0953. The molecule has 0 aromatic heterocycles. The van der Waals surface area contributed by atoms with Crippen molar-refractivity contribution in [1.82, 2.24) is 5.32 Å². The summed E-state index contributed by atoms with van der Waals surface area (Å²) in [5.41, 5.74) is 1.64. The van der Waals surface area contributed by atoms with E-state index in [1.165, 1.54) is 0 Å². The predicted octanol–water partition coefficient (Wildman–Crippen LogP) is 1.79. The Hall–Kier alpha value is -2.02. The molecule has 0 radical (unpaired) electrons. The number of nitrogens with zero attached hydrogens (tertiary/aromatic N) is 2. The third-order valence-corrected chi connectivity index (χ3v) is 2.38. The summed E-state index contributed by atoms with van der Waals surface area (Å²) < 4.78 is 0. The Kier molecular flexibility index (Phi) is 5.02. The van der Waals surface area contributed by atoms with Crippen LogP contribution < -0.4 is 10.2 Å². The molecule has 0 bridgehead atoms. The van der Waals surface area contributed by atoms with Crippen LogP contribution >= 0.6 is 0 Å². The third kappa shape index (κ3) is 4.15. The highest BCUT2D eigenvalue weighted by Gasteiger charge is 2.05. The molecule has 1 aromatic carbocycles. The van der Waals surface area contributed by atoms with Gasteiger partial charge in [0.2, 0.25) is 0 Å². The Bertz CT molecular complexity index is 421. The zero-order chi connectivity index (χ0) is 12.7. The summed E-state index contributed by atoms with van der Waals surface area (Å²) >= 11 is 0. The Morgan fingerprint density at radius 2 is 2.24 bits per heavy atom. The summed E-state index contributed by atoms with van der Waals surface area (Å²) in [5.74, 6) is -0.0911. The van der Waals surface area contributed by atoms with Crippen molar-refractivity contribution in [2.75, 3.05) is 25.5 Å². The Labute approximate surface area is 102 Å². The number of nitrogens with one attached hydrogen (secondary N) is 1. The molecule has 0 spiro atoms. The second-order valence-electron chi connectivity index (χ2n) is 3.96. The van der Waals surface area contributed by atoms with Gasteiger partial charge in [-0.15, -0.1) is 0 Å². The van der Waals surface area contributed by atoms with Gasteiger partial charge in [-0.2, -0.15) is 5.26 Å². The third-order valence-electron chi connectivity index (χ3n) is 2.38. The maximum absolute atomic E-state index is 11.8. The average Bonchev–Trinajstić information content (AvgIpc) is 2.34. The number of nitriles is 1. The van der Waals surface area contributed by atoms with Crippen molar-refractivity contribution in [2.45, 2.75) is 12.8 Å². The quantitative estimate of drug-likeness (QED) is 0.786. The van der Waals surface area contributed by atoms with Crippen LogP contribution in [0.4, 0.5) is 5.69 Å². The molecule has 0 unspecified atom stereocenters. The van der Waals surface area contributed by atoms with Crippen molar-refractivity contribution in [2.24, 2.45) is 0 Å². The summed E-state index contributed by atoms with van der Waals surface area (Å²) in [6.07, 6.45) is 1.16. The Morgan fingerprint density at radius 3 is 2.88 bits per heavy atom. The lowest BCUT2D eigenvalue weighted by atomic mass is 10.2. The zero-order valence-electron chi connectivity index (χ0n) is 10.2. The van der Waals surface area contributed by atoms with Crippen LogP contribution in [0.3, 0.4) is 0 Å². The first-order valence-corrected chi connectivity index (χ1v) is 5.57. The van der Waals surface area contributed by atoms with Gasteiger partial charge in [0.25, 0.3) is 5.91 Å². The van der Waals surface area contributed by atoms with E-state index in [2.05, 4.69) is 5.32 Å². The largest absolute Gasteiger partial charge is 0.378 e. The highest BCUT2D eigenvalue weighted by Crippen LogP contribution is 2.13. The van der Waals surface area contributed by atoms with E-state index in [0.29, 0.717) is 24.9 Å². The van der Waals surface area contributed by atoms with Gasteiger partial charge < -0.3 is 10.2 Å². The molecule has 1 rings (SSSR count). The van der Waals surface area contributed by atoms with E-state index in [9.17, 15) is 4.79 Å². The molecular weight excluding hydrogens is 214 g/mol. The fraction of sp³-hybridized carbons (Fsp3) is 0.385. The molecule has 90 valence electrons. The Morgan fingerprint density at radius 1 is 1.47 bits per heavy atom. The fourth-order valence-corrected chi connectivity index (χ4v) is 1.40. The SMILES string of the molecule is CN(C)c1cccc(C(=O)NCCCC#N)c1. The molecule has 1 amide bonds. The van der Waals surface area contributed by atoms with Crippen LogP contribution in [0.1, 0.15) is 23.2 Å². The monoisotopic (exact) mass is 231 g/mol. The molecular formula is C13H17N3O. The zero-order valence-corrected chi connectivity index (χ0v) is 10.2. The number of hydrogen-bond acceptors (Lipinski definition) is 3. The number of anilines is 1. The molecule has 4 nitrogen and oxygen atoms in total. The highest BCUT2D eigenvalue weighted by atomic mass is 16.1. The highest BCUT2D eigenvalue weighted by molar-refractivity contribution is 5.95. The van der Waals surface area contributed by atoms with Gasteiger partial charge >= 0.3 is 0 Å². The van der Waals surface area contributed by atoms with E-state index < -0.39 is 0 Å². The second-order valence-corrected chi connectivity index (χ2v) is 3.96. The van der Waals surface area contributed by atoms with Crippen LogP contribution in [0, 0.1) is 11.3 Å². The maximum Gasteiger partial charge on any atom is 0.251 e. The minimum Gasteiger partial charge on any atom is -0.378 e. The molecule has 0 fully saturated rings. The summed E-state index contributed by atoms with van der Waals surface area (Å²) in [6, 6.07) is 9.49. The maximum atomic E-state index is 11.8. The number of benzene rings is 1. The predicted molar refractivity (Wildman–Crippen MR) is 67.9 cm³/mol. The van der Waals surface area contributed by atoms with E-state index >= 15 is 0 Å². The average molecular weight is 231 g/mol. The number of carbonyl (C=O) groups excluding carboxylic acids is 1. The minimum absolute atomic E-state index is 0.0911. The van der Waals surface area contributed by atoms with Crippen molar-refractivity contribution >= 4 is 11.6 Å². The first-order chi connectivity index (χ1) is 8.15. The first-order valence-electron chi connectivity index (χ1n) is 5.57. The number of carbonyl (C=O) groups is 1. The van der Waals surface area contributed by atoms with Gasteiger partial charge in [-0.3, -0.25) is 4.79 Å². The molecule has 0 saturated heterocycles. The molecule has 0 aliphatic carbocycles. The standard InChI is InChI=1S/C13H17N3O/c1-16(2)12-7-5-6-11(10-12)13(17)15-9-4-3-8-14/h5-7,10H,3-4,9H2,1-2H3,(H,15,17). The van der Waals surface area contributed by atoms with Crippen LogP contribution in [0.15, 0.2) is 24.3 Å². The summed E-state index contributed by atoms with van der Waals surface area (Å²) in [7, 11) is 3.87. The van der Waals surface area contributed by atoms with Gasteiger partial charge in [-0.1, -0.05) is 6.07 Å². The van der Waals surface area contributed by atoms with E-state index in [1.807, 2.05) is 43.3 Å². The van der Waals surface area contributed by atoms with Gasteiger partial charge in [-0.05, 0) is 24.6 Å². The van der Waals surface area contributed by atoms with Gasteiger partial charge in [-0.25, -0.2) is 0 Å². The number of hydrogen-bond donors (Lipinski definition) is 1. The smallest absolute Gasteiger partial charge is 0.251 e. The van der Waals surface area contributed by atoms with Gasteiger partial charge in [0.15, 0.2) is 0 Å². The van der Waals surface area contributed by atoms with Crippen LogP contribution in [0.25, 0.3) is 0 Å². The lowest BCUT2D eigenvalue weighted by Gasteiger charge is -2.13. The van der Waals surface area contributed by atoms with Crippen molar-refractivity contribution in [1.29, 1.82) is 5.26 Å². The van der Waals surface area contributed by atoms with Gasteiger partial charge in [0.1, 0.15) is 0 Å². The number of amides is 1. The van der Waals surface area contributed by atoms with Crippen LogP contribution in [0.5, 0.6) is 0 Å². The normalized spacial score (nSPS) is 9.47. The summed E-state index contributed by atoms with van der Waals surface area (Å²) in [4.78, 5) is 13.7. The molecule has 1 N–H and O–H groups in total. The first kappa shape index (κ1) is 13.0. The fourth-order valence-electron chi connectivity index (χ4n) is 1.40. The molecule has 17 heavy (non-hydrogen) atoms. The molecule has 0 aliphatic heterocycles. The summed E-state index contributed by atoms with van der Waals surface area (Å²) in [6.45, 7) is 0.540. The van der Waals surface area contributed by atoms with E-state index in [-0.39, 0.29) is 5.91 Å². The second kappa shape index (κ2) is 6.54. The summed E-state index contributed by atoms with van der Waals surface area (Å²) in [5, 5.41) is 11.2. The minimum atomic E-state index is -0.0911. The number of rotatable bonds is 5. The van der Waals surface area contributed by atoms with Crippen molar-refractivity contribution in [3.8, 4) is 6.07 Å². The van der Waals surface area contributed by atoms with E-state index in [4.69, 9.17) is 5.26 Å². The molecule has 4 heteroatoms. The van der Waals surface area contributed by atoms with Crippen LogP contribution in [-0.2, 0) is 0 Å². The van der Waals surface area contributed by atoms with Crippen molar-refractivity contribution in [3.63, 3.8) is 0 Å². The number of unbranched alkanes of at least 4 members (excludes halogenated alkanes) is 1. The molecule has 0 aliphatic rings. The van der Waals surface area contributed by atoms with Gasteiger partial charge in [0.05, 0.1) is 6.07 Å². The molecule has 1 aromatic rings. The van der Waals surface area contributed by atoms with E-state index in [0.717, 1.165) is 5.69 Å². The van der Waals surface area contributed by atoms with Gasteiger partial charge in [0, 0.05) is 38.3 Å². The molecule has 0 saturated carbocycles. The van der Waals surface area contributed by atoms with E-state index in [1.54, 1.807) is 6.07 Å². The van der Waals surface area contributed by atoms with Crippen LogP contribution in [0.2, 0.25) is 0 Å². The topological polar surface area (TPSA) is 56.1 Å². The van der Waals surface area contributed by atoms with Crippen molar-refractivity contribution < 1.29 is 4.79 Å². The molecule has 0 atom stereocenters. The Balaban J connectivity index is 2.57. The van der Waals surface area contributed by atoms with Crippen LogP contribution in [-0.4, -0.2) is 26.5 Å². The lowest BCUT2D eigenvalue weighted by Crippen LogP contribution is -2.24. The van der Waals surface area contributed by atoms with Crippen molar-refractivity contribution in [3.05, 3.63) is 29.8 Å².